The predicted octanol–water partition coefficient (Wildman–Crippen LogP) is 3.85. The molecule has 2 heterocycles. The van der Waals surface area contributed by atoms with Crippen molar-refractivity contribution < 1.29 is 9.21 Å². The van der Waals surface area contributed by atoms with Crippen LogP contribution < -0.4 is 11.1 Å². The summed E-state index contributed by atoms with van der Waals surface area (Å²) in [7, 11) is 0. The summed E-state index contributed by atoms with van der Waals surface area (Å²) in [5, 5.41) is 3.58. The SMILES string of the molecule is Cc1nc(C(=O)Nc2ccc3c(c2)C2(CCSC(N)=N2)CC(C)(C)C3)co1. The number of aliphatic imine (C=N–C) groups is 1. The summed E-state index contributed by atoms with van der Waals surface area (Å²) in [5.41, 5.74) is 9.43. The fourth-order valence-corrected chi connectivity index (χ4v) is 5.20. The quantitative estimate of drug-likeness (QED) is 0.820. The van der Waals surface area contributed by atoms with E-state index in [1.54, 1.807) is 18.7 Å². The van der Waals surface area contributed by atoms with Gasteiger partial charge in [0.2, 0.25) is 0 Å². The Labute approximate surface area is 163 Å². The van der Waals surface area contributed by atoms with Gasteiger partial charge in [-0.15, -0.1) is 0 Å². The van der Waals surface area contributed by atoms with Crippen LogP contribution in [0.3, 0.4) is 0 Å². The van der Waals surface area contributed by atoms with E-state index in [0.29, 0.717) is 11.1 Å². The molecule has 2 aromatic rings. The van der Waals surface area contributed by atoms with E-state index in [2.05, 4.69) is 36.3 Å². The smallest absolute Gasteiger partial charge is 0.277 e. The minimum Gasteiger partial charge on any atom is -0.448 e. The molecule has 2 aliphatic rings. The first-order valence-electron chi connectivity index (χ1n) is 9.11. The van der Waals surface area contributed by atoms with Gasteiger partial charge in [-0.1, -0.05) is 31.7 Å². The minimum atomic E-state index is -0.308. The number of fused-ring (bicyclic) bond motifs is 2. The number of aromatic nitrogens is 1. The summed E-state index contributed by atoms with van der Waals surface area (Å²) in [5.74, 6) is 1.15. The van der Waals surface area contributed by atoms with Crippen LogP contribution in [0.15, 0.2) is 33.9 Å². The predicted molar refractivity (Wildman–Crippen MR) is 108 cm³/mol. The van der Waals surface area contributed by atoms with Gasteiger partial charge in [0.15, 0.2) is 16.8 Å². The van der Waals surface area contributed by atoms with Crippen LogP contribution in [0.4, 0.5) is 5.69 Å². The molecule has 7 heteroatoms. The summed E-state index contributed by atoms with van der Waals surface area (Å²) >= 11 is 1.61. The van der Waals surface area contributed by atoms with Crippen LogP contribution in [0, 0.1) is 12.3 Å². The third-order valence-electron chi connectivity index (χ3n) is 5.25. The van der Waals surface area contributed by atoms with Crippen molar-refractivity contribution in [3.8, 4) is 0 Å². The lowest BCUT2D eigenvalue weighted by Crippen LogP contribution is -2.41. The molecule has 0 saturated heterocycles. The van der Waals surface area contributed by atoms with Gasteiger partial charge < -0.3 is 15.5 Å². The lowest BCUT2D eigenvalue weighted by atomic mass is 9.64. The first-order chi connectivity index (χ1) is 12.8. The first-order valence-corrected chi connectivity index (χ1v) is 10.1. The Morgan fingerprint density at radius 3 is 2.89 bits per heavy atom. The maximum Gasteiger partial charge on any atom is 0.277 e. The van der Waals surface area contributed by atoms with Gasteiger partial charge >= 0.3 is 0 Å². The molecule has 0 radical (unpaired) electrons. The Hall–Kier alpha value is -2.28. The summed E-state index contributed by atoms with van der Waals surface area (Å²) in [4.78, 5) is 21.4. The van der Waals surface area contributed by atoms with Gasteiger partial charge in [0, 0.05) is 18.4 Å². The average Bonchev–Trinajstić information content (AvgIpc) is 3.01. The van der Waals surface area contributed by atoms with Gasteiger partial charge in [-0.3, -0.25) is 9.79 Å². The first kappa shape index (κ1) is 18.1. The Kier molecular flexibility index (Phi) is 4.29. The van der Waals surface area contributed by atoms with Gasteiger partial charge in [0.05, 0.1) is 5.54 Å². The van der Waals surface area contributed by atoms with Crippen molar-refractivity contribution in [3.63, 3.8) is 0 Å². The van der Waals surface area contributed by atoms with E-state index in [0.717, 1.165) is 30.7 Å². The molecule has 1 unspecified atom stereocenters. The number of rotatable bonds is 2. The molecule has 6 nitrogen and oxygen atoms in total. The molecule has 142 valence electrons. The number of nitrogens with zero attached hydrogens (tertiary/aromatic N) is 2. The van der Waals surface area contributed by atoms with E-state index in [1.165, 1.54) is 17.4 Å². The summed E-state index contributed by atoms with van der Waals surface area (Å²) in [6.45, 7) is 6.28. The largest absolute Gasteiger partial charge is 0.448 e. The maximum absolute atomic E-state index is 12.4. The average molecular weight is 385 g/mol. The second-order valence-corrected chi connectivity index (χ2v) is 9.29. The molecule has 0 fully saturated rings. The highest BCUT2D eigenvalue weighted by molar-refractivity contribution is 8.13. The number of thioether (sulfide) groups is 1. The molecule has 0 bridgehead atoms. The van der Waals surface area contributed by atoms with E-state index < -0.39 is 0 Å². The number of nitrogens with two attached hydrogens (primary N) is 1. The van der Waals surface area contributed by atoms with E-state index >= 15 is 0 Å². The highest BCUT2D eigenvalue weighted by atomic mass is 32.2. The number of aryl methyl sites for hydroxylation is 1. The monoisotopic (exact) mass is 384 g/mol. The number of hydrogen-bond donors (Lipinski definition) is 2. The highest BCUT2D eigenvalue weighted by Gasteiger charge is 2.45. The molecule has 27 heavy (non-hydrogen) atoms. The molecular weight excluding hydrogens is 360 g/mol. The van der Waals surface area contributed by atoms with E-state index in [9.17, 15) is 4.79 Å². The van der Waals surface area contributed by atoms with Crippen molar-refractivity contribution in [1.29, 1.82) is 0 Å². The van der Waals surface area contributed by atoms with E-state index in [1.807, 2.05) is 6.07 Å². The summed E-state index contributed by atoms with van der Waals surface area (Å²) in [6.07, 6.45) is 4.27. The van der Waals surface area contributed by atoms with Crippen LogP contribution in [0.5, 0.6) is 0 Å². The Morgan fingerprint density at radius 2 is 2.19 bits per heavy atom. The molecule has 1 aromatic carbocycles. The van der Waals surface area contributed by atoms with Crippen molar-refractivity contribution in [2.75, 3.05) is 11.1 Å². The van der Waals surface area contributed by atoms with Crippen molar-refractivity contribution in [3.05, 3.63) is 47.2 Å². The number of oxazole rings is 1. The number of carbonyl (C=O) groups excluding carboxylic acids is 1. The molecule has 1 spiro atoms. The fraction of sp³-hybridized carbons (Fsp3) is 0.450. The number of anilines is 1. The number of amides is 1. The second-order valence-electron chi connectivity index (χ2n) is 8.18. The molecular formula is C20H24N4O2S. The molecule has 1 aliphatic carbocycles. The zero-order valence-corrected chi connectivity index (χ0v) is 16.7. The molecule has 1 aliphatic heterocycles. The summed E-state index contributed by atoms with van der Waals surface area (Å²) in [6, 6.07) is 6.11. The third kappa shape index (κ3) is 3.48. The number of amidine groups is 1. The van der Waals surface area contributed by atoms with Gasteiger partial charge in [-0.25, -0.2) is 4.98 Å². The lowest BCUT2D eigenvalue weighted by molar-refractivity contribution is 0.102. The zero-order chi connectivity index (χ0) is 19.2. The van der Waals surface area contributed by atoms with Gasteiger partial charge in [0.1, 0.15) is 6.26 Å². The van der Waals surface area contributed by atoms with Crippen molar-refractivity contribution in [1.82, 2.24) is 4.98 Å². The lowest BCUT2D eigenvalue weighted by Gasteiger charge is -2.45. The van der Waals surface area contributed by atoms with Gasteiger partial charge in [0.25, 0.3) is 5.91 Å². The maximum atomic E-state index is 12.4. The van der Waals surface area contributed by atoms with Crippen LogP contribution in [-0.2, 0) is 12.0 Å². The van der Waals surface area contributed by atoms with Crippen LogP contribution >= 0.6 is 11.8 Å². The van der Waals surface area contributed by atoms with Crippen LogP contribution in [0.25, 0.3) is 0 Å². The van der Waals surface area contributed by atoms with Gasteiger partial charge in [-0.05, 0) is 47.9 Å². The zero-order valence-electron chi connectivity index (χ0n) is 15.8. The van der Waals surface area contributed by atoms with Gasteiger partial charge in [-0.2, -0.15) is 0 Å². The van der Waals surface area contributed by atoms with Crippen LogP contribution in [-0.4, -0.2) is 21.8 Å². The highest BCUT2D eigenvalue weighted by Crippen LogP contribution is 2.51. The molecule has 1 atom stereocenters. The van der Waals surface area contributed by atoms with E-state index in [4.69, 9.17) is 15.1 Å². The number of hydrogen-bond acceptors (Lipinski definition) is 6. The van der Waals surface area contributed by atoms with Crippen LogP contribution in [0.2, 0.25) is 0 Å². The topological polar surface area (TPSA) is 93.5 Å². The third-order valence-corrected chi connectivity index (χ3v) is 6.05. The van der Waals surface area contributed by atoms with Crippen molar-refractivity contribution in [2.45, 2.75) is 45.6 Å². The molecule has 1 aromatic heterocycles. The summed E-state index contributed by atoms with van der Waals surface area (Å²) < 4.78 is 5.13. The number of nitrogens with one attached hydrogen (secondary N) is 1. The Balaban J connectivity index is 1.71. The normalized spacial score (nSPS) is 23.6. The number of carbonyl (C=O) groups is 1. The minimum absolute atomic E-state index is 0.155. The number of benzene rings is 1. The molecule has 1 amide bonds. The molecule has 3 N–H and O–H groups in total. The fourth-order valence-electron chi connectivity index (χ4n) is 4.32. The van der Waals surface area contributed by atoms with Crippen molar-refractivity contribution >= 4 is 28.5 Å². The van der Waals surface area contributed by atoms with Crippen LogP contribution in [0.1, 0.15) is 54.2 Å². The Bertz CT molecular complexity index is 934. The second kappa shape index (κ2) is 6.41. The Morgan fingerprint density at radius 1 is 1.37 bits per heavy atom. The standard InChI is InChI=1S/C20H24N4O2S/c1-12-22-16(10-26-12)17(25)23-14-5-4-13-9-19(2,3)11-20(15(13)8-14)6-7-27-18(21)24-20/h4-5,8,10H,6-7,9,11H2,1-3H3,(H2,21,24)(H,23,25). The van der Waals surface area contributed by atoms with Crippen molar-refractivity contribution in [2.24, 2.45) is 16.1 Å². The van der Waals surface area contributed by atoms with E-state index in [-0.39, 0.29) is 22.6 Å². The molecule has 4 rings (SSSR count). The molecule has 0 saturated carbocycles.